The molecule has 2 rings (SSSR count). The van der Waals surface area contributed by atoms with E-state index < -0.39 is 0 Å². The molecule has 1 aromatic heterocycles. The minimum absolute atomic E-state index is 0.129. The van der Waals surface area contributed by atoms with Gasteiger partial charge in [-0.15, -0.1) is 0 Å². The number of ether oxygens (including phenoxy) is 1. The van der Waals surface area contributed by atoms with Crippen LogP contribution in [-0.4, -0.2) is 23.9 Å². The molecule has 1 aliphatic rings. The number of nitrogens with zero attached hydrogens (tertiary/aromatic N) is 2. The van der Waals surface area contributed by atoms with Crippen LogP contribution < -0.4 is 10.1 Å². The normalized spacial score (nSPS) is 18.3. The van der Waals surface area contributed by atoms with Crippen LogP contribution in [0.5, 0.6) is 5.88 Å². The lowest BCUT2D eigenvalue weighted by Gasteiger charge is -2.15. The standard InChI is InChI=1S/C10H17N3O/c1-7-8(10(11-2)5-6-10)9(14-4)13(3)12-7/h11H,5-6H2,1-4H3. The first-order valence-electron chi connectivity index (χ1n) is 4.91. The molecule has 0 aliphatic heterocycles. The van der Waals surface area contributed by atoms with Gasteiger partial charge in [0.25, 0.3) is 0 Å². The lowest BCUT2D eigenvalue weighted by molar-refractivity contribution is 0.362. The fourth-order valence-corrected chi connectivity index (χ4v) is 2.17. The molecule has 0 amide bonds. The van der Waals surface area contributed by atoms with Gasteiger partial charge >= 0.3 is 0 Å². The summed E-state index contributed by atoms with van der Waals surface area (Å²) < 4.78 is 7.19. The van der Waals surface area contributed by atoms with Crippen LogP contribution in [0.4, 0.5) is 0 Å². The third-order valence-corrected chi connectivity index (χ3v) is 3.07. The predicted molar refractivity (Wildman–Crippen MR) is 54.5 cm³/mol. The molecule has 1 N–H and O–H groups in total. The van der Waals surface area contributed by atoms with Crippen LogP contribution in [0.15, 0.2) is 0 Å². The summed E-state index contributed by atoms with van der Waals surface area (Å²) in [6.45, 7) is 2.04. The van der Waals surface area contributed by atoms with Crippen molar-refractivity contribution in [2.24, 2.45) is 7.05 Å². The summed E-state index contributed by atoms with van der Waals surface area (Å²) >= 11 is 0. The highest BCUT2D eigenvalue weighted by Crippen LogP contribution is 2.49. The van der Waals surface area contributed by atoms with E-state index in [0.29, 0.717) is 0 Å². The minimum atomic E-state index is 0.129. The molecule has 0 saturated heterocycles. The molecule has 78 valence electrons. The zero-order valence-electron chi connectivity index (χ0n) is 9.22. The molecular weight excluding hydrogens is 178 g/mol. The highest BCUT2D eigenvalue weighted by atomic mass is 16.5. The first-order chi connectivity index (χ1) is 6.64. The molecule has 1 aliphatic carbocycles. The number of nitrogens with one attached hydrogen (secondary N) is 1. The summed E-state index contributed by atoms with van der Waals surface area (Å²) in [5, 5.41) is 7.75. The van der Waals surface area contributed by atoms with Crippen molar-refractivity contribution in [3.8, 4) is 5.88 Å². The summed E-state index contributed by atoms with van der Waals surface area (Å²) in [4.78, 5) is 0. The largest absolute Gasteiger partial charge is 0.481 e. The van der Waals surface area contributed by atoms with Crippen molar-refractivity contribution < 1.29 is 4.74 Å². The number of aryl methyl sites for hydroxylation is 2. The zero-order valence-corrected chi connectivity index (χ0v) is 9.22. The topological polar surface area (TPSA) is 39.1 Å². The highest BCUT2D eigenvalue weighted by molar-refractivity contribution is 5.41. The van der Waals surface area contributed by atoms with Crippen LogP contribution in [0.25, 0.3) is 0 Å². The fraction of sp³-hybridized carbons (Fsp3) is 0.700. The Hall–Kier alpha value is -1.03. The second kappa shape index (κ2) is 2.98. The summed E-state index contributed by atoms with van der Waals surface area (Å²) in [6, 6.07) is 0. The molecule has 0 radical (unpaired) electrons. The molecular formula is C10H17N3O. The average Bonchev–Trinajstić information content (AvgIpc) is 2.88. The molecule has 1 fully saturated rings. The van der Waals surface area contributed by atoms with Crippen LogP contribution in [0.2, 0.25) is 0 Å². The molecule has 0 aromatic carbocycles. The third kappa shape index (κ3) is 1.14. The Morgan fingerprint density at radius 2 is 2.14 bits per heavy atom. The summed E-state index contributed by atoms with van der Waals surface area (Å²) in [5.41, 5.74) is 2.42. The maximum Gasteiger partial charge on any atom is 0.216 e. The van der Waals surface area contributed by atoms with E-state index in [4.69, 9.17) is 4.74 Å². The van der Waals surface area contributed by atoms with Gasteiger partial charge in [-0.3, -0.25) is 0 Å². The zero-order chi connectivity index (χ0) is 10.3. The van der Waals surface area contributed by atoms with Crippen molar-refractivity contribution in [2.75, 3.05) is 14.2 Å². The monoisotopic (exact) mass is 195 g/mol. The SMILES string of the molecule is CNC1(c2c(C)nn(C)c2OC)CC1. The van der Waals surface area contributed by atoms with Gasteiger partial charge in [0.15, 0.2) is 0 Å². The van der Waals surface area contributed by atoms with Crippen LogP contribution in [0, 0.1) is 6.92 Å². The predicted octanol–water partition coefficient (Wildman–Crippen LogP) is 0.946. The van der Waals surface area contributed by atoms with E-state index in [9.17, 15) is 0 Å². The van der Waals surface area contributed by atoms with Crippen LogP contribution in [0.1, 0.15) is 24.1 Å². The van der Waals surface area contributed by atoms with Crippen LogP contribution in [-0.2, 0) is 12.6 Å². The van der Waals surface area contributed by atoms with Crippen LogP contribution >= 0.6 is 0 Å². The lowest BCUT2D eigenvalue weighted by atomic mass is 10.1. The smallest absolute Gasteiger partial charge is 0.216 e. The molecule has 0 spiro atoms. The molecule has 4 nitrogen and oxygen atoms in total. The number of aromatic nitrogens is 2. The van der Waals surface area contributed by atoms with E-state index in [0.717, 1.165) is 11.6 Å². The first-order valence-corrected chi connectivity index (χ1v) is 4.91. The Morgan fingerprint density at radius 1 is 1.50 bits per heavy atom. The number of hydrogen-bond acceptors (Lipinski definition) is 3. The Kier molecular flexibility index (Phi) is 2.03. The Bertz CT molecular complexity index is 352. The number of hydrogen-bond donors (Lipinski definition) is 1. The van der Waals surface area contributed by atoms with E-state index in [2.05, 4.69) is 10.4 Å². The van der Waals surface area contributed by atoms with Gasteiger partial charge in [-0.2, -0.15) is 5.10 Å². The van der Waals surface area contributed by atoms with Gasteiger partial charge in [0, 0.05) is 7.05 Å². The van der Waals surface area contributed by atoms with Crippen molar-refractivity contribution in [2.45, 2.75) is 25.3 Å². The number of rotatable bonds is 3. The van der Waals surface area contributed by atoms with Crippen molar-refractivity contribution in [1.82, 2.24) is 15.1 Å². The van der Waals surface area contributed by atoms with Gasteiger partial charge in [-0.25, -0.2) is 4.68 Å². The Morgan fingerprint density at radius 3 is 2.57 bits per heavy atom. The first kappa shape index (κ1) is 9.52. The summed E-state index contributed by atoms with van der Waals surface area (Å²) in [5.74, 6) is 0.884. The second-order valence-electron chi connectivity index (χ2n) is 3.93. The van der Waals surface area contributed by atoms with Gasteiger partial charge in [0.05, 0.1) is 23.9 Å². The Balaban J connectivity index is 2.51. The quantitative estimate of drug-likeness (QED) is 0.780. The molecule has 1 saturated carbocycles. The third-order valence-electron chi connectivity index (χ3n) is 3.07. The minimum Gasteiger partial charge on any atom is -0.481 e. The van der Waals surface area contributed by atoms with Crippen molar-refractivity contribution >= 4 is 0 Å². The summed E-state index contributed by atoms with van der Waals surface area (Å²) in [6.07, 6.45) is 2.35. The molecule has 1 aromatic rings. The molecule has 1 heterocycles. The van der Waals surface area contributed by atoms with Crippen LogP contribution in [0.3, 0.4) is 0 Å². The van der Waals surface area contributed by atoms with Crippen molar-refractivity contribution in [3.63, 3.8) is 0 Å². The average molecular weight is 195 g/mol. The van der Waals surface area contributed by atoms with E-state index in [-0.39, 0.29) is 5.54 Å². The summed E-state index contributed by atoms with van der Waals surface area (Å²) in [7, 11) is 5.62. The molecule has 0 bridgehead atoms. The molecule has 0 unspecified atom stereocenters. The Labute approximate surface area is 84.3 Å². The van der Waals surface area contributed by atoms with E-state index in [1.54, 1.807) is 7.11 Å². The lowest BCUT2D eigenvalue weighted by Crippen LogP contribution is -2.25. The highest BCUT2D eigenvalue weighted by Gasteiger charge is 2.47. The molecule has 14 heavy (non-hydrogen) atoms. The van der Waals surface area contributed by atoms with Gasteiger partial charge in [-0.05, 0) is 26.8 Å². The van der Waals surface area contributed by atoms with E-state index in [1.807, 2.05) is 25.7 Å². The maximum absolute atomic E-state index is 5.39. The van der Waals surface area contributed by atoms with Crippen molar-refractivity contribution in [1.29, 1.82) is 0 Å². The van der Waals surface area contributed by atoms with Gasteiger partial charge < -0.3 is 10.1 Å². The second-order valence-corrected chi connectivity index (χ2v) is 3.93. The molecule has 0 atom stereocenters. The van der Waals surface area contributed by atoms with Gasteiger partial charge in [-0.1, -0.05) is 0 Å². The van der Waals surface area contributed by atoms with Crippen molar-refractivity contribution in [3.05, 3.63) is 11.3 Å². The molecule has 4 heteroatoms. The van der Waals surface area contributed by atoms with E-state index in [1.165, 1.54) is 18.4 Å². The van der Waals surface area contributed by atoms with Gasteiger partial charge in [0.2, 0.25) is 5.88 Å². The maximum atomic E-state index is 5.39. The number of methoxy groups -OCH3 is 1. The van der Waals surface area contributed by atoms with Gasteiger partial charge in [0.1, 0.15) is 0 Å². The fourth-order valence-electron chi connectivity index (χ4n) is 2.17. The van der Waals surface area contributed by atoms with E-state index >= 15 is 0 Å².